The van der Waals surface area contributed by atoms with E-state index >= 15 is 0 Å². The maximum absolute atomic E-state index is 13.0. The van der Waals surface area contributed by atoms with Gasteiger partial charge in [0.1, 0.15) is 0 Å². The number of aliphatic hydroxyl groups is 1. The molecule has 0 aliphatic carbocycles. The number of Topliss-reactive ketones (excluding diaryl/α,β-unsaturated/α-hetero) is 1. The van der Waals surface area contributed by atoms with Crippen molar-refractivity contribution in [2.24, 2.45) is 0 Å². The van der Waals surface area contributed by atoms with Crippen LogP contribution in [0, 0.1) is 6.92 Å². The van der Waals surface area contributed by atoms with Gasteiger partial charge in [0, 0.05) is 23.0 Å². The summed E-state index contributed by atoms with van der Waals surface area (Å²) in [6, 6.07) is 8.86. The molecule has 0 saturated carbocycles. The Morgan fingerprint density at radius 2 is 2.17 bits per heavy atom. The van der Waals surface area contributed by atoms with E-state index in [1.807, 2.05) is 25.1 Å². The van der Waals surface area contributed by atoms with Crippen molar-refractivity contribution in [3.63, 3.8) is 0 Å². The number of aryl methyl sites for hydroxylation is 1. The zero-order valence-electron chi connectivity index (χ0n) is 16.6. The van der Waals surface area contributed by atoms with Crippen molar-refractivity contribution in [3.8, 4) is 11.3 Å². The SMILES string of the molecule is Cc1cc(-c2cccc(Cl)c2)nc2c(=O)n(CC(=O)C[C@H]3NCCC[C@@H]3O)cnc12. The molecular formula is C22H23ClN4O3. The van der Waals surface area contributed by atoms with Crippen molar-refractivity contribution in [2.75, 3.05) is 6.54 Å². The molecule has 8 heteroatoms. The fraction of sp³-hybridized carbons (Fsp3) is 0.364. The lowest BCUT2D eigenvalue weighted by atomic mass is 9.97. The first-order valence-corrected chi connectivity index (χ1v) is 10.4. The smallest absolute Gasteiger partial charge is 0.280 e. The maximum atomic E-state index is 13.0. The molecule has 0 radical (unpaired) electrons. The maximum Gasteiger partial charge on any atom is 0.280 e. The summed E-state index contributed by atoms with van der Waals surface area (Å²) < 4.78 is 1.29. The number of carbonyl (C=O) groups is 1. The largest absolute Gasteiger partial charge is 0.391 e. The van der Waals surface area contributed by atoms with E-state index in [4.69, 9.17) is 11.6 Å². The van der Waals surface area contributed by atoms with Gasteiger partial charge in [-0.05, 0) is 50.1 Å². The number of benzene rings is 1. The van der Waals surface area contributed by atoms with Crippen molar-refractivity contribution in [1.82, 2.24) is 19.9 Å². The summed E-state index contributed by atoms with van der Waals surface area (Å²) in [7, 11) is 0. The van der Waals surface area contributed by atoms with Gasteiger partial charge in [0.15, 0.2) is 11.3 Å². The highest BCUT2D eigenvalue weighted by Crippen LogP contribution is 2.24. The van der Waals surface area contributed by atoms with Gasteiger partial charge in [0.2, 0.25) is 0 Å². The second-order valence-corrected chi connectivity index (χ2v) is 8.16. The molecule has 2 N–H and O–H groups in total. The van der Waals surface area contributed by atoms with Crippen LogP contribution in [0.3, 0.4) is 0 Å². The van der Waals surface area contributed by atoms with Gasteiger partial charge in [-0.25, -0.2) is 9.97 Å². The number of aromatic nitrogens is 3. The lowest BCUT2D eigenvalue weighted by molar-refractivity contribution is -0.121. The first kappa shape index (κ1) is 20.7. The van der Waals surface area contributed by atoms with Crippen LogP contribution < -0.4 is 10.9 Å². The third kappa shape index (κ3) is 4.28. The molecular weight excluding hydrogens is 404 g/mol. The van der Waals surface area contributed by atoms with Crippen LogP contribution in [0.4, 0.5) is 0 Å². The minimum absolute atomic E-state index is 0.102. The third-order valence-electron chi connectivity index (χ3n) is 5.44. The molecule has 1 aliphatic rings. The molecule has 156 valence electrons. The Labute approximate surface area is 178 Å². The quantitative estimate of drug-likeness (QED) is 0.650. The number of aliphatic hydroxyl groups excluding tert-OH is 1. The molecule has 0 bridgehead atoms. The van der Waals surface area contributed by atoms with Crippen LogP contribution in [0.1, 0.15) is 24.8 Å². The molecule has 0 unspecified atom stereocenters. The fourth-order valence-electron chi connectivity index (χ4n) is 3.85. The molecule has 4 rings (SSSR count). The molecule has 1 aromatic carbocycles. The Morgan fingerprint density at radius 1 is 1.33 bits per heavy atom. The minimum Gasteiger partial charge on any atom is -0.391 e. The second kappa shape index (κ2) is 8.63. The Bertz CT molecular complexity index is 1160. The first-order chi connectivity index (χ1) is 14.4. The van der Waals surface area contributed by atoms with Gasteiger partial charge in [-0.15, -0.1) is 0 Å². The van der Waals surface area contributed by atoms with Gasteiger partial charge in [0.25, 0.3) is 5.56 Å². The summed E-state index contributed by atoms with van der Waals surface area (Å²) in [5, 5.41) is 13.8. The van der Waals surface area contributed by atoms with E-state index in [1.54, 1.807) is 12.1 Å². The normalized spacial score (nSPS) is 19.2. The predicted molar refractivity (Wildman–Crippen MR) is 116 cm³/mol. The van der Waals surface area contributed by atoms with Crippen molar-refractivity contribution in [2.45, 2.75) is 44.9 Å². The van der Waals surface area contributed by atoms with Crippen LogP contribution in [-0.4, -0.2) is 44.1 Å². The highest BCUT2D eigenvalue weighted by atomic mass is 35.5. The number of rotatable bonds is 5. The van der Waals surface area contributed by atoms with Crippen molar-refractivity contribution < 1.29 is 9.90 Å². The van der Waals surface area contributed by atoms with Crippen molar-refractivity contribution >= 4 is 28.4 Å². The van der Waals surface area contributed by atoms with Crippen molar-refractivity contribution in [1.29, 1.82) is 0 Å². The molecule has 0 amide bonds. The molecule has 30 heavy (non-hydrogen) atoms. The van der Waals surface area contributed by atoms with Gasteiger partial charge in [-0.2, -0.15) is 0 Å². The van der Waals surface area contributed by atoms with E-state index in [9.17, 15) is 14.7 Å². The van der Waals surface area contributed by atoms with Crippen molar-refractivity contribution in [3.05, 3.63) is 57.6 Å². The Balaban J connectivity index is 1.64. The average Bonchev–Trinajstić information content (AvgIpc) is 2.72. The summed E-state index contributed by atoms with van der Waals surface area (Å²) in [6.45, 7) is 2.55. The number of ketones is 1. The van der Waals surface area contributed by atoms with Gasteiger partial charge in [-0.3, -0.25) is 14.2 Å². The number of hydrogen-bond acceptors (Lipinski definition) is 6. The lowest BCUT2D eigenvalue weighted by Gasteiger charge is -2.28. The summed E-state index contributed by atoms with van der Waals surface area (Å²) in [5.41, 5.74) is 2.61. The first-order valence-electron chi connectivity index (χ1n) is 9.98. The Kier molecular flexibility index (Phi) is 5.94. The standard InChI is InChI=1S/C22H23ClN4O3/c1-13-8-17(14-4-2-5-15(23)9-14)26-21-20(13)25-12-27(22(21)30)11-16(28)10-18-19(29)6-3-7-24-18/h2,4-5,8-9,12,18-19,24,29H,3,6-7,10-11H2,1H3/t18-,19+/m1/s1. The number of pyridine rings is 1. The van der Waals surface area contributed by atoms with Crippen LogP contribution in [0.25, 0.3) is 22.3 Å². The number of nitrogens with one attached hydrogen (secondary N) is 1. The van der Waals surface area contributed by atoms with Gasteiger partial charge >= 0.3 is 0 Å². The molecule has 3 aromatic rings. The summed E-state index contributed by atoms with van der Waals surface area (Å²) in [6.07, 6.45) is 2.58. The number of hydrogen-bond donors (Lipinski definition) is 2. The van der Waals surface area contributed by atoms with E-state index in [1.165, 1.54) is 10.9 Å². The lowest BCUT2D eigenvalue weighted by Crippen LogP contribution is -2.46. The van der Waals surface area contributed by atoms with Crippen LogP contribution in [-0.2, 0) is 11.3 Å². The average molecular weight is 427 g/mol. The van der Waals surface area contributed by atoms with Gasteiger partial charge in [0.05, 0.1) is 30.2 Å². The Hall–Kier alpha value is -2.61. The topological polar surface area (TPSA) is 97.1 Å². The monoisotopic (exact) mass is 426 g/mol. The van der Waals surface area contributed by atoms with Crippen LogP contribution in [0.5, 0.6) is 0 Å². The molecule has 2 aromatic heterocycles. The molecule has 3 heterocycles. The van der Waals surface area contributed by atoms with Crippen LogP contribution in [0.2, 0.25) is 5.02 Å². The molecule has 0 spiro atoms. The summed E-state index contributed by atoms with van der Waals surface area (Å²) in [4.78, 5) is 34.5. The molecule has 1 saturated heterocycles. The van der Waals surface area contributed by atoms with Gasteiger partial charge in [-0.1, -0.05) is 23.7 Å². The summed E-state index contributed by atoms with van der Waals surface area (Å²) >= 11 is 6.09. The van der Waals surface area contributed by atoms with E-state index in [0.29, 0.717) is 22.7 Å². The molecule has 7 nitrogen and oxygen atoms in total. The zero-order chi connectivity index (χ0) is 21.3. The highest BCUT2D eigenvalue weighted by Gasteiger charge is 2.25. The number of nitrogens with zero attached hydrogens (tertiary/aromatic N) is 3. The van der Waals surface area contributed by atoms with Crippen LogP contribution >= 0.6 is 11.6 Å². The molecule has 1 aliphatic heterocycles. The molecule has 1 fully saturated rings. The van der Waals surface area contributed by atoms with E-state index < -0.39 is 6.10 Å². The zero-order valence-corrected chi connectivity index (χ0v) is 17.4. The molecule has 2 atom stereocenters. The van der Waals surface area contributed by atoms with E-state index in [2.05, 4.69) is 15.3 Å². The Morgan fingerprint density at radius 3 is 2.93 bits per heavy atom. The number of halogens is 1. The minimum atomic E-state index is -0.543. The van der Waals surface area contributed by atoms with Crippen LogP contribution in [0.15, 0.2) is 41.5 Å². The number of piperidine rings is 1. The third-order valence-corrected chi connectivity index (χ3v) is 5.67. The fourth-order valence-corrected chi connectivity index (χ4v) is 4.04. The number of fused-ring (bicyclic) bond motifs is 1. The predicted octanol–water partition coefficient (Wildman–Crippen LogP) is 2.49. The number of carbonyl (C=O) groups excluding carboxylic acids is 1. The van der Waals surface area contributed by atoms with E-state index in [-0.39, 0.29) is 35.9 Å². The van der Waals surface area contributed by atoms with Gasteiger partial charge < -0.3 is 10.4 Å². The second-order valence-electron chi connectivity index (χ2n) is 7.72. The summed E-state index contributed by atoms with van der Waals surface area (Å²) in [5.74, 6) is -0.139. The highest BCUT2D eigenvalue weighted by molar-refractivity contribution is 6.30. The van der Waals surface area contributed by atoms with E-state index in [0.717, 1.165) is 24.1 Å².